The van der Waals surface area contributed by atoms with E-state index in [0.717, 1.165) is 12.1 Å². The average Bonchev–Trinajstić information content (AvgIpc) is 2.61. The Labute approximate surface area is 161 Å². The molecule has 1 aliphatic rings. The van der Waals surface area contributed by atoms with Crippen LogP contribution in [0.25, 0.3) is 10.9 Å². The van der Waals surface area contributed by atoms with Gasteiger partial charge >= 0.3 is 0 Å². The van der Waals surface area contributed by atoms with E-state index < -0.39 is 0 Å². The minimum absolute atomic E-state index is 0.197. The summed E-state index contributed by atoms with van der Waals surface area (Å²) in [5.41, 5.74) is 6.66. The highest BCUT2D eigenvalue weighted by atomic mass is 35.5. The maximum atomic E-state index is 12.5. The van der Waals surface area contributed by atoms with Crippen molar-refractivity contribution in [1.29, 1.82) is 0 Å². The average molecular weight is 396 g/mol. The Hall–Kier alpha value is -2.05. The first-order valence-corrected chi connectivity index (χ1v) is 9.07. The molecule has 138 valence electrons. The number of hydrogen-bond donors (Lipinski definition) is 1. The second-order valence-electron chi connectivity index (χ2n) is 6.39. The third-order valence-electron chi connectivity index (χ3n) is 4.49. The Balaban J connectivity index is 1.78. The first-order chi connectivity index (χ1) is 12.4. The predicted octanol–water partition coefficient (Wildman–Crippen LogP) is 2.95. The largest absolute Gasteiger partial charge is 0.480 e. The first kappa shape index (κ1) is 18.7. The monoisotopic (exact) mass is 395 g/mol. The Morgan fingerprint density at radius 2 is 2.12 bits per heavy atom. The normalized spacial score (nSPS) is 17.3. The zero-order valence-corrected chi connectivity index (χ0v) is 15.8. The van der Waals surface area contributed by atoms with Gasteiger partial charge < -0.3 is 15.4 Å². The summed E-state index contributed by atoms with van der Waals surface area (Å²) in [6.07, 6.45) is 1.45. The van der Waals surface area contributed by atoms with E-state index in [1.807, 2.05) is 19.1 Å². The fourth-order valence-corrected chi connectivity index (χ4v) is 3.66. The van der Waals surface area contributed by atoms with Crippen molar-refractivity contribution in [3.63, 3.8) is 0 Å². The fourth-order valence-electron chi connectivity index (χ4n) is 3.09. The molecule has 2 heterocycles. The highest BCUT2D eigenvalue weighted by Crippen LogP contribution is 2.37. The van der Waals surface area contributed by atoms with Gasteiger partial charge in [0.1, 0.15) is 5.52 Å². The number of aryl methyl sites for hydroxylation is 1. The lowest BCUT2D eigenvalue weighted by molar-refractivity contribution is -0.136. The van der Waals surface area contributed by atoms with Crippen LogP contribution in [0.15, 0.2) is 18.2 Å². The summed E-state index contributed by atoms with van der Waals surface area (Å²) >= 11 is 12.5. The number of amides is 2. The number of hydrogen-bond acceptors (Lipinski definition) is 4. The molecule has 1 unspecified atom stereocenters. The molecule has 26 heavy (non-hydrogen) atoms. The van der Waals surface area contributed by atoms with Gasteiger partial charge in [0.15, 0.2) is 12.4 Å². The molecule has 0 bridgehead atoms. The Kier molecular flexibility index (Phi) is 5.53. The second kappa shape index (κ2) is 7.68. The summed E-state index contributed by atoms with van der Waals surface area (Å²) in [4.78, 5) is 29.9. The summed E-state index contributed by atoms with van der Waals surface area (Å²) in [5, 5.41) is 1.47. The number of carbonyl (C=O) groups excluding carboxylic acids is 2. The summed E-state index contributed by atoms with van der Waals surface area (Å²) in [7, 11) is 0. The molecule has 8 heteroatoms. The lowest BCUT2D eigenvalue weighted by Crippen LogP contribution is -2.45. The van der Waals surface area contributed by atoms with Crippen LogP contribution < -0.4 is 10.5 Å². The van der Waals surface area contributed by atoms with Crippen molar-refractivity contribution in [3.05, 3.63) is 33.9 Å². The summed E-state index contributed by atoms with van der Waals surface area (Å²) in [5.74, 6) is -0.582. The van der Waals surface area contributed by atoms with Crippen LogP contribution in [0.3, 0.4) is 0 Å². The van der Waals surface area contributed by atoms with E-state index in [1.54, 1.807) is 11.0 Å². The van der Waals surface area contributed by atoms with Crippen molar-refractivity contribution >= 4 is 45.9 Å². The van der Waals surface area contributed by atoms with Crippen LogP contribution >= 0.6 is 23.2 Å². The molecule has 0 aliphatic carbocycles. The summed E-state index contributed by atoms with van der Waals surface area (Å²) in [6.45, 7) is 2.56. The van der Waals surface area contributed by atoms with Crippen molar-refractivity contribution in [2.75, 3.05) is 19.7 Å². The number of rotatable bonds is 4. The van der Waals surface area contributed by atoms with Crippen LogP contribution in [0, 0.1) is 12.8 Å². The topological polar surface area (TPSA) is 85.5 Å². The molecule has 2 N–H and O–H groups in total. The van der Waals surface area contributed by atoms with E-state index in [1.165, 1.54) is 0 Å². The van der Waals surface area contributed by atoms with Gasteiger partial charge in [0, 0.05) is 24.2 Å². The molecule has 1 aliphatic heterocycles. The number of aromatic nitrogens is 1. The van der Waals surface area contributed by atoms with E-state index in [2.05, 4.69) is 4.98 Å². The van der Waals surface area contributed by atoms with Gasteiger partial charge in [-0.15, -0.1) is 0 Å². The number of pyridine rings is 1. The van der Waals surface area contributed by atoms with Crippen LogP contribution in [0.2, 0.25) is 10.0 Å². The van der Waals surface area contributed by atoms with Gasteiger partial charge in [-0.3, -0.25) is 9.59 Å². The molecule has 0 spiro atoms. The minimum atomic E-state index is -0.380. The summed E-state index contributed by atoms with van der Waals surface area (Å²) in [6, 6.07) is 5.26. The van der Waals surface area contributed by atoms with E-state index in [9.17, 15) is 9.59 Å². The second-order valence-corrected chi connectivity index (χ2v) is 7.20. The highest BCUT2D eigenvalue weighted by molar-refractivity contribution is 6.39. The van der Waals surface area contributed by atoms with Crippen LogP contribution in [-0.4, -0.2) is 41.4 Å². The molecule has 1 aromatic carbocycles. The Bertz CT molecular complexity index is 872. The smallest absolute Gasteiger partial charge is 0.260 e. The van der Waals surface area contributed by atoms with Crippen molar-refractivity contribution in [1.82, 2.24) is 9.88 Å². The Morgan fingerprint density at radius 1 is 1.35 bits per heavy atom. The minimum Gasteiger partial charge on any atom is -0.480 e. The van der Waals surface area contributed by atoms with Gasteiger partial charge in [0.05, 0.1) is 16.0 Å². The van der Waals surface area contributed by atoms with Gasteiger partial charge in [-0.1, -0.05) is 23.2 Å². The Morgan fingerprint density at radius 3 is 2.85 bits per heavy atom. The fraction of sp³-hybridized carbons (Fsp3) is 0.389. The first-order valence-electron chi connectivity index (χ1n) is 8.32. The molecule has 1 atom stereocenters. The highest BCUT2D eigenvalue weighted by Gasteiger charge is 2.27. The number of halogens is 2. The zero-order valence-electron chi connectivity index (χ0n) is 14.3. The standard InChI is InChI=1S/C18H19Cl2N3O3/c1-10-4-5-12-13(19)7-14(20)17(16(12)22-10)26-9-15(24)23-6-2-3-11(8-23)18(21)25/h4-5,7,11H,2-3,6,8-9H2,1H3,(H2,21,25). The lowest BCUT2D eigenvalue weighted by Gasteiger charge is -2.31. The molecule has 1 fully saturated rings. The molecule has 1 aromatic heterocycles. The molecule has 0 saturated carbocycles. The molecular formula is C18H19Cl2N3O3. The predicted molar refractivity (Wildman–Crippen MR) is 100 cm³/mol. The number of carbonyl (C=O) groups is 2. The third kappa shape index (κ3) is 3.86. The molecule has 2 amide bonds. The quantitative estimate of drug-likeness (QED) is 0.861. The van der Waals surface area contributed by atoms with Crippen molar-refractivity contribution < 1.29 is 14.3 Å². The number of nitrogens with zero attached hydrogens (tertiary/aromatic N) is 2. The number of likely N-dealkylation sites (tertiary alicyclic amines) is 1. The van der Waals surface area contributed by atoms with Crippen molar-refractivity contribution in [2.24, 2.45) is 11.7 Å². The van der Waals surface area contributed by atoms with E-state index in [-0.39, 0.29) is 24.3 Å². The van der Waals surface area contributed by atoms with E-state index >= 15 is 0 Å². The molecule has 0 radical (unpaired) electrons. The van der Waals surface area contributed by atoms with Crippen molar-refractivity contribution in [3.8, 4) is 5.75 Å². The molecule has 1 saturated heterocycles. The lowest BCUT2D eigenvalue weighted by atomic mass is 9.97. The number of ether oxygens (including phenoxy) is 1. The van der Waals surface area contributed by atoms with Crippen LogP contribution in [0.4, 0.5) is 0 Å². The number of piperidine rings is 1. The van der Waals surface area contributed by atoms with Gasteiger partial charge in [-0.25, -0.2) is 4.98 Å². The zero-order chi connectivity index (χ0) is 18.8. The van der Waals surface area contributed by atoms with Gasteiger partial charge in [-0.2, -0.15) is 0 Å². The number of primary amides is 1. The van der Waals surface area contributed by atoms with E-state index in [0.29, 0.717) is 46.2 Å². The van der Waals surface area contributed by atoms with Crippen LogP contribution in [0.5, 0.6) is 5.75 Å². The van der Waals surface area contributed by atoms with Gasteiger partial charge in [0.2, 0.25) is 5.91 Å². The van der Waals surface area contributed by atoms with E-state index in [4.69, 9.17) is 33.7 Å². The molecule has 6 nitrogen and oxygen atoms in total. The van der Waals surface area contributed by atoms with Crippen molar-refractivity contribution in [2.45, 2.75) is 19.8 Å². The SMILES string of the molecule is Cc1ccc2c(Cl)cc(Cl)c(OCC(=O)N3CCCC(C(N)=O)C3)c2n1. The van der Waals surface area contributed by atoms with Gasteiger partial charge in [-0.05, 0) is 38.0 Å². The number of fused-ring (bicyclic) bond motifs is 1. The van der Waals surface area contributed by atoms with Crippen LogP contribution in [-0.2, 0) is 9.59 Å². The number of nitrogens with two attached hydrogens (primary N) is 1. The number of benzene rings is 1. The third-order valence-corrected chi connectivity index (χ3v) is 5.09. The van der Waals surface area contributed by atoms with Gasteiger partial charge in [0.25, 0.3) is 5.91 Å². The maximum Gasteiger partial charge on any atom is 0.260 e. The summed E-state index contributed by atoms with van der Waals surface area (Å²) < 4.78 is 5.71. The van der Waals surface area contributed by atoms with Crippen LogP contribution in [0.1, 0.15) is 18.5 Å². The molecular weight excluding hydrogens is 377 g/mol. The molecule has 3 rings (SSSR count). The maximum absolute atomic E-state index is 12.5. The molecule has 2 aromatic rings.